The van der Waals surface area contributed by atoms with Crippen molar-refractivity contribution in [3.8, 4) is 5.75 Å². The zero-order chi connectivity index (χ0) is 25.5. The van der Waals surface area contributed by atoms with Gasteiger partial charge in [0.15, 0.2) is 5.60 Å². The van der Waals surface area contributed by atoms with Gasteiger partial charge < -0.3 is 19.7 Å². The number of morpholine rings is 1. The van der Waals surface area contributed by atoms with Gasteiger partial charge >= 0.3 is 0 Å². The first-order valence-electron chi connectivity index (χ1n) is 13.1. The van der Waals surface area contributed by atoms with E-state index in [0.29, 0.717) is 44.8 Å². The molecule has 5 rings (SSSR count). The van der Waals surface area contributed by atoms with Gasteiger partial charge in [-0.15, -0.1) is 0 Å². The Labute approximate surface area is 217 Å². The normalized spacial score (nSPS) is 20.6. The number of carbonyl (C=O) groups is 2. The fourth-order valence-corrected chi connectivity index (χ4v) is 5.09. The lowest BCUT2D eigenvalue weighted by atomic mass is 9.91. The van der Waals surface area contributed by atoms with Crippen molar-refractivity contribution in [1.29, 1.82) is 0 Å². The lowest BCUT2D eigenvalue weighted by molar-refractivity contribution is -0.159. The molecule has 2 aliphatic rings. The maximum atomic E-state index is 13.5. The molecule has 7 nitrogen and oxygen atoms in total. The predicted molar refractivity (Wildman–Crippen MR) is 141 cm³/mol. The van der Waals surface area contributed by atoms with E-state index in [9.17, 15) is 9.59 Å². The second-order valence-electron chi connectivity index (χ2n) is 9.67. The van der Waals surface area contributed by atoms with E-state index in [4.69, 9.17) is 9.47 Å². The second-order valence-corrected chi connectivity index (χ2v) is 9.67. The topological polar surface area (TPSA) is 80.8 Å². The molecule has 0 radical (unpaired) electrons. The predicted octanol–water partition coefficient (Wildman–Crippen LogP) is 3.81. The van der Waals surface area contributed by atoms with Gasteiger partial charge in [-0.3, -0.25) is 9.59 Å². The number of carbonyl (C=O) groups excluding carboxylic acids is 2. The van der Waals surface area contributed by atoms with Gasteiger partial charge in [0.25, 0.3) is 11.8 Å². The molecular weight excluding hydrogens is 466 g/mol. The van der Waals surface area contributed by atoms with E-state index >= 15 is 0 Å². The maximum Gasteiger partial charge on any atom is 0.272 e. The van der Waals surface area contributed by atoms with Gasteiger partial charge in [0.1, 0.15) is 18.1 Å². The van der Waals surface area contributed by atoms with Crippen LogP contribution in [0.15, 0.2) is 72.8 Å². The van der Waals surface area contributed by atoms with E-state index in [1.165, 1.54) is 5.56 Å². The minimum Gasteiger partial charge on any atom is -0.491 e. The van der Waals surface area contributed by atoms with E-state index in [1.807, 2.05) is 60.7 Å². The molecule has 2 aliphatic heterocycles. The SMILES string of the molecule is O=C(c1cccc(Cc2ccccc2)n1)N1CCOC2(CCCCc3ccccc3OCCNC2=O)C1. The molecule has 0 bridgehead atoms. The zero-order valence-corrected chi connectivity index (χ0v) is 21.0. The van der Waals surface area contributed by atoms with Crippen LogP contribution >= 0.6 is 0 Å². The number of hydrogen-bond donors (Lipinski definition) is 1. The highest BCUT2D eigenvalue weighted by Crippen LogP contribution is 2.28. The largest absolute Gasteiger partial charge is 0.491 e. The Balaban J connectivity index is 1.29. The van der Waals surface area contributed by atoms with Gasteiger partial charge in [-0.2, -0.15) is 0 Å². The number of nitrogens with zero attached hydrogens (tertiary/aromatic N) is 2. The third kappa shape index (κ3) is 6.00. The number of hydrogen-bond acceptors (Lipinski definition) is 5. The molecule has 1 atom stereocenters. The standard InChI is InChI=1S/C30H33N3O4/c34-28(26-14-8-13-25(32-26)21-23-9-2-1-3-10-23)33-18-20-37-30(22-33)16-7-6-12-24-11-4-5-15-27(24)36-19-17-31-29(30)35/h1-5,8-11,13-15H,6-7,12,16-22H2,(H,31,35). The Morgan fingerprint density at radius 1 is 0.973 bits per heavy atom. The van der Waals surface area contributed by atoms with E-state index in [0.717, 1.165) is 36.3 Å². The van der Waals surface area contributed by atoms with Crippen LogP contribution in [0.3, 0.4) is 0 Å². The van der Waals surface area contributed by atoms with Gasteiger partial charge in [-0.1, -0.05) is 54.6 Å². The average Bonchev–Trinajstić information content (AvgIpc) is 2.94. The van der Waals surface area contributed by atoms with Crippen LogP contribution in [0.4, 0.5) is 0 Å². The van der Waals surface area contributed by atoms with Crippen LogP contribution in [0.25, 0.3) is 0 Å². The number of aromatic nitrogens is 1. The minimum absolute atomic E-state index is 0.172. The molecule has 7 heteroatoms. The molecule has 192 valence electrons. The van der Waals surface area contributed by atoms with Gasteiger partial charge in [0.2, 0.25) is 0 Å². The Morgan fingerprint density at radius 2 is 1.81 bits per heavy atom. The van der Waals surface area contributed by atoms with Crippen molar-refractivity contribution in [2.45, 2.75) is 37.7 Å². The Hall–Kier alpha value is -3.71. The quantitative estimate of drug-likeness (QED) is 0.593. The van der Waals surface area contributed by atoms with Crippen molar-refractivity contribution >= 4 is 11.8 Å². The summed E-state index contributed by atoms with van der Waals surface area (Å²) in [6, 6.07) is 23.7. The number of aryl methyl sites for hydroxylation is 1. The molecule has 3 heterocycles. The smallest absolute Gasteiger partial charge is 0.272 e. The number of rotatable bonds is 3. The van der Waals surface area contributed by atoms with E-state index < -0.39 is 5.60 Å². The molecule has 37 heavy (non-hydrogen) atoms. The fourth-order valence-electron chi connectivity index (χ4n) is 5.09. The summed E-state index contributed by atoms with van der Waals surface area (Å²) in [6.07, 6.45) is 3.77. The van der Waals surface area contributed by atoms with Crippen LogP contribution in [-0.4, -0.2) is 60.1 Å². The third-order valence-electron chi connectivity index (χ3n) is 7.04. The summed E-state index contributed by atoms with van der Waals surface area (Å²) < 4.78 is 12.1. The summed E-state index contributed by atoms with van der Waals surface area (Å²) in [6.45, 7) is 1.69. The van der Waals surface area contributed by atoms with Crippen LogP contribution in [0.2, 0.25) is 0 Å². The van der Waals surface area contributed by atoms with E-state index in [-0.39, 0.29) is 18.4 Å². The summed E-state index contributed by atoms with van der Waals surface area (Å²) in [5.41, 5.74) is 2.47. The Bertz CT molecular complexity index is 1230. The molecule has 1 fully saturated rings. The third-order valence-corrected chi connectivity index (χ3v) is 7.04. The first kappa shape index (κ1) is 25.0. The second kappa shape index (κ2) is 11.6. The number of para-hydroxylation sites is 1. The summed E-state index contributed by atoms with van der Waals surface area (Å²) in [4.78, 5) is 33.2. The van der Waals surface area contributed by atoms with Gasteiger partial charge in [0, 0.05) is 18.7 Å². The van der Waals surface area contributed by atoms with Gasteiger partial charge in [-0.05, 0) is 55.0 Å². The van der Waals surface area contributed by atoms with Crippen molar-refractivity contribution in [3.63, 3.8) is 0 Å². The number of fused-ring (bicyclic) bond motifs is 1. The fraction of sp³-hybridized carbons (Fsp3) is 0.367. The molecule has 1 unspecified atom stereocenters. The molecule has 2 aromatic carbocycles. The molecule has 0 aliphatic carbocycles. The van der Waals surface area contributed by atoms with Crippen molar-refractivity contribution in [2.75, 3.05) is 32.8 Å². The minimum atomic E-state index is -1.08. The van der Waals surface area contributed by atoms with Gasteiger partial charge in [-0.25, -0.2) is 4.98 Å². The highest BCUT2D eigenvalue weighted by molar-refractivity contribution is 5.93. The molecule has 1 N–H and O–H groups in total. The Kier molecular flexibility index (Phi) is 7.80. The lowest BCUT2D eigenvalue weighted by Gasteiger charge is -2.41. The number of nitrogens with one attached hydrogen (secondary N) is 1. The number of ether oxygens (including phenoxy) is 2. The summed E-state index contributed by atoms with van der Waals surface area (Å²) in [7, 11) is 0. The number of benzene rings is 2. The van der Waals surface area contributed by atoms with Crippen LogP contribution in [-0.2, 0) is 22.4 Å². The molecule has 3 aromatic rings. The van der Waals surface area contributed by atoms with Gasteiger partial charge in [0.05, 0.1) is 19.7 Å². The highest BCUT2D eigenvalue weighted by atomic mass is 16.5. The monoisotopic (exact) mass is 499 g/mol. The van der Waals surface area contributed by atoms with E-state index in [1.54, 1.807) is 11.0 Å². The molecule has 1 spiro atoms. The van der Waals surface area contributed by atoms with Crippen LogP contribution in [0.5, 0.6) is 5.75 Å². The van der Waals surface area contributed by atoms with Crippen molar-refractivity contribution < 1.29 is 19.1 Å². The average molecular weight is 500 g/mol. The summed E-state index contributed by atoms with van der Waals surface area (Å²) in [5, 5.41) is 2.98. The summed E-state index contributed by atoms with van der Waals surface area (Å²) >= 11 is 0. The van der Waals surface area contributed by atoms with Crippen LogP contribution < -0.4 is 10.1 Å². The van der Waals surface area contributed by atoms with Crippen molar-refractivity contribution in [3.05, 3.63) is 95.3 Å². The maximum absolute atomic E-state index is 13.5. The van der Waals surface area contributed by atoms with Crippen LogP contribution in [0.1, 0.15) is 46.6 Å². The molecule has 0 saturated carbocycles. The molecule has 2 amide bonds. The number of pyridine rings is 1. The molecule has 1 saturated heterocycles. The first-order valence-corrected chi connectivity index (χ1v) is 13.1. The van der Waals surface area contributed by atoms with Crippen LogP contribution in [0, 0.1) is 0 Å². The number of amides is 2. The summed E-state index contributed by atoms with van der Waals surface area (Å²) in [5.74, 6) is 0.515. The Morgan fingerprint density at radius 3 is 2.70 bits per heavy atom. The molecule has 1 aromatic heterocycles. The lowest BCUT2D eigenvalue weighted by Crippen LogP contribution is -2.61. The van der Waals surface area contributed by atoms with E-state index in [2.05, 4.69) is 16.4 Å². The first-order chi connectivity index (χ1) is 18.1. The van der Waals surface area contributed by atoms with Crippen molar-refractivity contribution in [1.82, 2.24) is 15.2 Å². The molecular formula is C30H33N3O4. The zero-order valence-electron chi connectivity index (χ0n) is 21.0. The van der Waals surface area contributed by atoms with Crippen molar-refractivity contribution in [2.24, 2.45) is 0 Å². The highest BCUT2D eigenvalue weighted by Gasteiger charge is 2.44.